The molecule has 0 aliphatic carbocycles. The minimum absolute atomic E-state index is 0.0507. The van der Waals surface area contributed by atoms with Crippen LogP contribution < -0.4 is 5.32 Å². The van der Waals surface area contributed by atoms with Gasteiger partial charge >= 0.3 is 0 Å². The van der Waals surface area contributed by atoms with Crippen LogP contribution in [0.3, 0.4) is 0 Å². The molecule has 0 saturated heterocycles. The normalized spacial score (nSPS) is 12.0. The molecule has 1 aromatic heterocycles. The van der Waals surface area contributed by atoms with Crippen molar-refractivity contribution in [1.82, 2.24) is 10.5 Å². The summed E-state index contributed by atoms with van der Waals surface area (Å²) >= 11 is 3.42. The second-order valence-electron chi connectivity index (χ2n) is 6.37. The molecule has 0 fully saturated rings. The van der Waals surface area contributed by atoms with Gasteiger partial charge in [0, 0.05) is 16.1 Å². The molecule has 0 radical (unpaired) electrons. The molecule has 0 bridgehead atoms. The summed E-state index contributed by atoms with van der Waals surface area (Å²) in [6.45, 7) is 3.78. The number of benzene rings is 2. The first kappa shape index (κ1) is 18.4. The zero-order valence-electron chi connectivity index (χ0n) is 14.8. The highest BCUT2D eigenvalue weighted by Crippen LogP contribution is 2.26. The van der Waals surface area contributed by atoms with Crippen molar-refractivity contribution in [1.29, 1.82) is 0 Å². The van der Waals surface area contributed by atoms with Crippen molar-refractivity contribution in [2.75, 3.05) is 0 Å². The molecular formula is C21H21BrN2O2. The molecule has 0 aliphatic heterocycles. The van der Waals surface area contributed by atoms with Gasteiger partial charge in [-0.1, -0.05) is 63.6 Å². The SMILES string of the molecule is Cc1onc(-c2ccc(Br)cc2)c1C(=O)N[C@H](C)CCc1ccccc1. The first-order valence-electron chi connectivity index (χ1n) is 8.61. The van der Waals surface area contributed by atoms with Crippen molar-refractivity contribution in [3.8, 4) is 11.3 Å². The standard InChI is InChI=1S/C21H21BrN2O2/c1-14(8-9-16-6-4-3-5-7-16)23-21(25)19-15(2)26-24-20(19)17-10-12-18(22)13-11-17/h3-7,10-14H,8-9H2,1-2H3,(H,23,25)/t14-/m1/s1. The summed E-state index contributed by atoms with van der Waals surface area (Å²) in [4.78, 5) is 12.8. The minimum atomic E-state index is -0.151. The number of hydrogen-bond acceptors (Lipinski definition) is 3. The zero-order valence-corrected chi connectivity index (χ0v) is 16.4. The number of halogens is 1. The van der Waals surface area contributed by atoms with Crippen LogP contribution in [0.1, 0.15) is 35.0 Å². The molecular weight excluding hydrogens is 392 g/mol. The third kappa shape index (κ3) is 4.41. The van der Waals surface area contributed by atoms with Crippen molar-refractivity contribution in [2.24, 2.45) is 0 Å². The van der Waals surface area contributed by atoms with Gasteiger partial charge in [0.2, 0.25) is 0 Å². The predicted octanol–water partition coefficient (Wildman–Crippen LogP) is 5.16. The highest BCUT2D eigenvalue weighted by Gasteiger charge is 2.22. The van der Waals surface area contributed by atoms with Gasteiger partial charge in [-0.25, -0.2) is 0 Å². The molecule has 1 atom stereocenters. The fourth-order valence-electron chi connectivity index (χ4n) is 2.84. The number of nitrogens with zero attached hydrogens (tertiary/aromatic N) is 1. The van der Waals surface area contributed by atoms with Crippen LogP contribution in [0.2, 0.25) is 0 Å². The van der Waals surface area contributed by atoms with Gasteiger partial charge in [-0.2, -0.15) is 0 Å². The maximum atomic E-state index is 12.8. The summed E-state index contributed by atoms with van der Waals surface area (Å²) in [6, 6.07) is 18.0. The lowest BCUT2D eigenvalue weighted by molar-refractivity contribution is 0.0937. The molecule has 0 saturated carbocycles. The number of nitrogens with one attached hydrogen (secondary N) is 1. The molecule has 4 nitrogen and oxygen atoms in total. The fourth-order valence-corrected chi connectivity index (χ4v) is 3.10. The van der Waals surface area contributed by atoms with E-state index in [0.29, 0.717) is 17.0 Å². The van der Waals surface area contributed by atoms with E-state index in [9.17, 15) is 4.79 Å². The minimum Gasteiger partial charge on any atom is -0.360 e. The Balaban J connectivity index is 1.69. The van der Waals surface area contributed by atoms with E-state index in [4.69, 9.17) is 4.52 Å². The number of aromatic nitrogens is 1. The summed E-state index contributed by atoms with van der Waals surface area (Å²) in [5.74, 6) is 0.373. The molecule has 0 unspecified atom stereocenters. The van der Waals surface area contributed by atoms with Gasteiger partial charge in [0.15, 0.2) is 0 Å². The van der Waals surface area contributed by atoms with E-state index in [-0.39, 0.29) is 11.9 Å². The lowest BCUT2D eigenvalue weighted by atomic mass is 10.0. The Bertz CT molecular complexity index is 873. The molecule has 26 heavy (non-hydrogen) atoms. The molecule has 1 heterocycles. The van der Waals surface area contributed by atoms with Gasteiger partial charge in [-0.05, 0) is 44.4 Å². The lowest BCUT2D eigenvalue weighted by Gasteiger charge is -2.14. The van der Waals surface area contributed by atoms with Gasteiger partial charge in [0.25, 0.3) is 5.91 Å². The monoisotopic (exact) mass is 412 g/mol. The van der Waals surface area contributed by atoms with E-state index in [2.05, 4.69) is 38.5 Å². The summed E-state index contributed by atoms with van der Waals surface area (Å²) in [5.41, 5.74) is 3.19. The third-order valence-electron chi connectivity index (χ3n) is 4.29. The van der Waals surface area contributed by atoms with E-state index in [1.54, 1.807) is 6.92 Å². The summed E-state index contributed by atoms with van der Waals surface area (Å²) < 4.78 is 6.26. The van der Waals surface area contributed by atoms with Gasteiger partial charge in [0.1, 0.15) is 17.0 Å². The second-order valence-corrected chi connectivity index (χ2v) is 7.28. The Morgan fingerprint density at radius 2 is 1.85 bits per heavy atom. The largest absolute Gasteiger partial charge is 0.360 e. The Morgan fingerprint density at radius 3 is 2.54 bits per heavy atom. The average Bonchev–Trinajstić information content (AvgIpc) is 3.03. The van der Waals surface area contributed by atoms with Crippen LogP contribution in [-0.4, -0.2) is 17.1 Å². The molecule has 3 aromatic rings. The van der Waals surface area contributed by atoms with Crippen molar-refractivity contribution < 1.29 is 9.32 Å². The fraction of sp³-hybridized carbons (Fsp3) is 0.238. The Kier molecular flexibility index (Phi) is 5.89. The van der Waals surface area contributed by atoms with E-state index >= 15 is 0 Å². The van der Waals surface area contributed by atoms with Gasteiger partial charge in [-0.3, -0.25) is 4.79 Å². The zero-order chi connectivity index (χ0) is 18.5. The highest BCUT2D eigenvalue weighted by molar-refractivity contribution is 9.10. The lowest BCUT2D eigenvalue weighted by Crippen LogP contribution is -2.33. The maximum Gasteiger partial charge on any atom is 0.257 e. The Morgan fingerprint density at radius 1 is 1.15 bits per heavy atom. The highest BCUT2D eigenvalue weighted by atomic mass is 79.9. The number of aryl methyl sites for hydroxylation is 2. The number of carbonyl (C=O) groups excluding carboxylic acids is 1. The number of carbonyl (C=O) groups is 1. The number of amides is 1. The van der Waals surface area contributed by atoms with Gasteiger partial charge in [0.05, 0.1) is 0 Å². The molecule has 134 valence electrons. The molecule has 1 amide bonds. The summed E-state index contributed by atoms with van der Waals surface area (Å²) in [6.07, 6.45) is 1.79. The number of hydrogen-bond donors (Lipinski definition) is 1. The number of rotatable bonds is 6. The second kappa shape index (κ2) is 8.32. The molecule has 0 aliphatic rings. The predicted molar refractivity (Wildman–Crippen MR) is 106 cm³/mol. The third-order valence-corrected chi connectivity index (χ3v) is 4.82. The van der Waals surface area contributed by atoms with Crippen LogP contribution in [0.4, 0.5) is 0 Å². The molecule has 5 heteroatoms. The van der Waals surface area contributed by atoms with E-state index in [0.717, 1.165) is 22.9 Å². The van der Waals surface area contributed by atoms with Crippen molar-refractivity contribution in [3.63, 3.8) is 0 Å². The van der Waals surface area contributed by atoms with Crippen LogP contribution in [-0.2, 0) is 6.42 Å². The first-order valence-corrected chi connectivity index (χ1v) is 9.41. The molecule has 1 N–H and O–H groups in total. The molecule has 3 rings (SSSR count). The van der Waals surface area contributed by atoms with E-state index in [1.165, 1.54) is 5.56 Å². The summed E-state index contributed by atoms with van der Waals surface area (Å²) in [7, 11) is 0. The van der Waals surface area contributed by atoms with E-state index in [1.807, 2.05) is 49.4 Å². The van der Waals surface area contributed by atoms with Crippen LogP contribution in [0.5, 0.6) is 0 Å². The average molecular weight is 413 g/mol. The smallest absolute Gasteiger partial charge is 0.257 e. The first-order chi connectivity index (χ1) is 12.5. The van der Waals surface area contributed by atoms with Crippen LogP contribution in [0, 0.1) is 6.92 Å². The van der Waals surface area contributed by atoms with Crippen LogP contribution in [0.25, 0.3) is 11.3 Å². The van der Waals surface area contributed by atoms with Gasteiger partial charge in [-0.15, -0.1) is 0 Å². The van der Waals surface area contributed by atoms with Gasteiger partial charge < -0.3 is 9.84 Å². The molecule has 2 aromatic carbocycles. The Labute approximate surface area is 161 Å². The molecule has 0 spiro atoms. The van der Waals surface area contributed by atoms with Crippen LogP contribution in [0.15, 0.2) is 63.6 Å². The van der Waals surface area contributed by atoms with Crippen molar-refractivity contribution in [3.05, 3.63) is 76.0 Å². The quantitative estimate of drug-likeness (QED) is 0.607. The van der Waals surface area contributed by atoms with Crippen molar-refractivity contribution >= 4 is 21.8 Å². The van der Waals surface area contributed by atoms with Crippen LogP contribution >= 0.6 is 15.9 Å². The summed E-state index contributed by atoms with van der Waals surface area (Å²) in [5, 5.41) is 7.15. The topological polar surface area (TPSA) is 55.1 Å². The maximum absolute atomic E-state index is 12.8. The van der Waals surface area contributed by atoms with Crippen molar-refractivity contribution in [2.45, 2.75) is 32.7 Å². The Hall–Kier alpha value is -2.40. The van der Waals surface area contributed by atoms with E-state index < -0.39 is 0 Å².